The summed E-state index contributed by atoms with van der Waals surface area (Å²) in [4.78, 5) is 33.9. The number of likely N-dealkylation sites (tertiary alicyclic amines) is 1. The predicted molar refractivity (Wildman–Crippen MR) is 249 cm³/mol. The molecule has 2 aliphatic carbocycles. The maximum absolute atomic E-state index is 14.5. The van der Waals surface area contributed by atoms with E-state index in [1.54, 1.807) is 30.1 Å². The second-order valence-electron chi connectivity index (χ2n) is 20.6. The maximum Gasteiger partial charge on any atom is 0.304 e. The van der Waals surface area contributed by atoms with E-state index in [9.17, 15) is 31.9 Å². The van der Waals surface area contributed by atoms with Crippen molar-refractivity contribution in [1.82, 2.24) is 18.8 Å². The minimum Gasteiger partial charge on any atom is -0.490 e. The Balaban J connectivity index is 1.14. The highest BCUT2D eigenvalue weighted by Gasteiger charge is 2.52. The minimum absolute atomic E-state index is 0.0366. The van der Waals surface area contributed by atoms with Crippen molar-refractivity contribution < 1.29 is 45.6 Å². The topological polar surface area (TPSA) is 141 Å². The van der Waals surface area contributed by atoms with Gasteiger partial charge < -0.3 is 24.4 Å². The second kappa shape index (κ2) is 18.1. The lowest BCUT2D eigenvalue weighted by molar-refractivity contribution is -0.148. The molecule has 4 heterocycles. The number of aliphatic hydroxyl groups is 1. The highest BCUT2D eigenvalue weighted by molar-refractivity contribution is 7.93. The quantitative estimate of drug-likeness (QED) is 0.242. The summed E-state index contributed by atoms with van der Waals surface area (Å²) in [5.74, 6) is -3.88. The molecule has 6 atom stereocenters. The van der Waals surface area contributed by atoms with Gasteiger partial charge in [0, 0.05) is 56.8 Å². The molecule has 2 saturated heterocycles. The molecule has 18 heteroatoms. The van der Waals surface area contributed by atoms with Crippen LogP contribution in [0.2, 0.25) is 5.02 Å². The molecule has 1 saturated carbocycles. The van der Waals surface area contributed by atoms with E-state index in [1.807, 2.05) is 51.3 Å². The van der Waals surface area contributed by atoms with Gasteiger partial charge in [-0.2, -0.15) is 16.9 Å². The Kier molecular flexibility index (Phi) is 13.5. The van der Waals surface area contributed by atoms with Gasteiger partial charge in [-0.25, -0.2) is 13.5 Å². The fourth-order valence-electron chi connectivity index (χ4n) is 10.3. The van der Waals surface area contributed by atoms with Gasteiger partial charge in [0.05, 0.1) is 44.5 Å². The molecule has 65 heavy (non-hydrogen) atoms. The van der Waals surface area contributed by atoms with E-state index >= 15 is 0 Å². The summed E-state index contributed by atoms with van der Waals surface area (Å²) in [6.07, 6.45) is 9.40. The molecule has 3 fully saturated rings. The normalized spacial score (nSPS) is 31.0. The number of fused-ring (bicyclic) bond motifs is 4. The average Bonchev–Trinajstić information content (AvgIpc) is 3.34. The molecule has 2 N–H and O–H groups in total. The molecule has 2 aromatic rings. The van der Waals surface area contributed by atoms with Crippen molar-refractivity contribution >= 4 is 50.5 Å². The summed E-state index contributed by atoms with van der Waals surface area (Å²) in [6, 6.07) is 11.0. The summed E-state index contributed by atoms with van der Waals surface area (Å²) >= 11 is 6.09. The van der Waals surface area contributed by atoms with Crippen LogP contribution in [0.3, 0.4) is 0 Å². The molecule has 2 bridgehead atoms. The first kappa shape index (κ1) is 48.4. The van der Waals surface area contributed by atoms with Crippen LogP contribution in [0.4, 0.5) is 14.5 Å². The molecule has 358 valence electrons. The number of hydrogen-bond acceptors (Lipinski definition) is 10. The van der Waals surface area contributed by atoms with Crippen LogP contribution in [-0.4, -0.2) is 141 Å². The summed E-state index contributed by atoms with van der Waals surface area (Å²) in [6.45, 7) is 10.3. The zero-order valence-corrected chi connectivity index (χ0v) is 40.8. The zero-order valence-electron chi connectivity index (χ0n) is 38.4. The Bertz CT molecular complexity index is 2270. The Labute approximate surface area is 390 Å². The Morgan fingerprint density at radius 2 is 1.85 bits per heavy atom. The first-order valence-corrected chi connectivity index (χ1v) is 26.2. The molecule has 1 spiro atoms. The fourth-order valence-corrected chi connectivity index (χ4v) is 12.6. The molecule has 0 radical (unpaired) electrons. The molecule has 6 aliphatic rings. The number of nitrogens with zero attached hydrogens (tertiary/aromatic N) is 4. The second-order valence-corrected chi connectivity index (χ2v) is 25.0. The van der Waals surface area contributed by atoms with Crippen molar-refractivity contribution in [2.24, 2.45) is 11.3 Å². The third kappa shape index (κ3) is 10.1. The van der Waals surface area contributed by atoms with Crippen LogP contribution < -0.4 is 14.4 Å². The van der Waals surface area contributed by atoms with Gasteiger partial charge in [-0.05, 0) is 112 Å². The van der Waals surface area contributed by atoms with Crippen LogP contribution in [0, 0.1) is 11.3 Å². The van der Waals surface area contributed by atoms with Gasteiger partial charge in [0.2, 0.25) is 5.91 Å². The van der Waals surface area contributed by atoms with Crippen LogP contribution in [0.25, 0.3) is 0 Å². The van der Waals surface area contributed by atoms with Gasteiger partial charge in [0.15, 0.2) is 10.3 Å². The fraction of sp³-hybridized carbons (Fsp3) is 0.660. The SMILES string of the molecule is CN1CC/C=C/[C@H](OCCN2CC(F)(F)C2)[C@@H]2CCC2(C)CN2C[C@@]3(CCCc4cc(Cl)ccc43)COc3ccc(cc32)[C@@](O)(C(=O)NS(=O)(=O)N2CC(O[S+](C)C(C)(C)C)C2)CC1=O. The molecule has 8 rings (SSSR count). The average molecular weight is 966 g/mol. The van der Waals surface area contributed by atoms with Crippen molar-refractivity contribution in [3.63, 3.8) is 0 Å². The van der Waals surface area contributed by atoms with Crippen molar-refractivity contribution in [1.29, 1.82) is 0 Å². The van der Waals surface area contributed by atoms with Crippen LogP contribution in [0.1, 0.15) is 82.9 Å². The third-order valence-electron chi connectivity index (χ3n) is 14.7. The number of amides is 2. The number of nitrogens with one attached hydrogen (secondary N) is 1. The monoisotopic (exact) mass is 964 g/mol. The summed E-state index contributed by atoms with van der Waals surface area (Å²) < 4.78 is 77.4. The number of rotatable bonds is 9. The Morgan fingerprint density at radius 3 is 2.54 bits per heavy atom. The number of benzene rings is 2. The van der Waals surface area contributed by atoms with E-state index in [1.165, 1.54) is 10.5 Å². The van der Waals surface area contributed by atoms with Crippen molar-refractivity contribution in [2.45, 2.75) is 107 Å². The number of anilines is 1. The number of hydrogen-bond donors (Lipinski definition) is 2. The first-order chi connectivity index (χ1) is 30.5. The van der Waals surface area contributed by atoms with Gasteiger partial charge in [0.1, 0.15) is 29.3 Å². The number of carbonyl (C=O) groups is 2. The molecule has 0 aromatic heterocycles. The minimum atomic E-state index is -4.44. The standard InChI is InChI=1S/C47H64ClF2N5O8S2/c1-43(2,3)64(6)63-35-25-55(26-35)65(59,60)51-42(57)47(58)24-41(56)52(5)19-8-7-11-39(61-21-20-53-29-46(49,50)30-53)37-16-18-44(37,4)27-54-28-45(31-62-40-15-12-33(47)23-38(40)54)17-9-10-32-22-34(48)13-14-36(32)45/h7,11-15,22-23,35,37,39,58H,8-10,16-21,24-31H2,1-6H3/p+1/b11-7+/t37-,39-,44?,45-,47+,64?/m0/s1. The molecule has 2 amide bonds. The zero-order chi connectivity index (χ0) is 46.7. The smallest absolute Gasteiger partial charge is 0.304 e. The maximum atomic E-state index is 14.5. The lowest BCUT2D eigenvalue weighted by Crippen LogP contribution is -2.61. The lowest BCUT2D eigenvalue weighted by atomic mass is 9.58. The van der Waals surface area contributed by atoms with Crippen LogP contribution in [0.15, 0.2) is 48.6 Å². The highest BCUT2D eigenvalue weighted by Crippen LogP contribution is 2.53. The Hall–Kier alpha value is -3.03. The summed E-state index contributed by atoms with van der Waals surface area (Å²) in [5.41, 5.74) is -0.369. The number of aryl methyl sites for hydroxylation is 1. The summed E-state index contributed by atoms with van der Waals surface area (Å²) in [5, 5.41) is 13.3. The van der Waals surface area contributed by atoms with Gasteiger partial charge in [-0.3, -0.25) is 14.5 Å². The van der Waals surface area contributed by atoms with Crippen LogP contribution in [-0.2, 0) is 57.3 Å². The molecule has 13 nitrogen and oxygen atoms in total. The number of ether oxygens (including phenoxy) is 2. The van der Waals surface area contributed by atoms with Gasteiger partial charge in [-0.15, -0.1) is 0 Å². The molecule has 2 unspecified atom stereocenters. The molecular formula is C47H65ClF2N5O8S2+. The van der Waals surface area contributed by atoms with Crippen molar-refractivity contribution in [3.05, 3.63) is 70.3 Å². The van der Waals surface area contributed by atoms with Crippen LogP contribution in [0.5, 0.6) is 5.75 Å². The van der Waals surface area contributed by atoms with E-state index in [-0.39, 0.29) is 66.6 Å². The Morgan fingerprint density at radius 1 is 1.09 bits per heavy atom. The van der Waals surface area contributed by atoms with E-state index < -0.39 is 56.6 Å². The molecule has 2 aromatic carbocycles. The highest BCUT2D eigenvalue weighted by atomic mass is 35.5. The van der Waals surface area contributed by atoms with Crippen molar-refractivity contribution in [2.75, 3.05) is 83.8 Å². The number of halogens is 3. The van der Waals surface area contributed by atoms with Gasteiger partial charge in [0.25, 0.3) is 11.8 Å². The summed E-state index contributed by atoms with van der Waals surface area (Å²) in [7, 11) is -2.86. The number of alkyl halides is 2. The molecular weight excluding hydrogens is 900 g/mol. The van der Waals surface area contributed by atoms with Crippen molar-refractivity contribution in [3.8, 4) is 5.75 Å². The molecule has 4 aliphatic heterocycles. The first-order valence-electron chi connectivity index (χ1n) is 22.8. The van der Waals surface area contributed by atoms with Gasteiger partial charge >= 0.3 is 10.2 Å². The van der Waals surface area contributed by atoms with E-state index in [0.717, 1.165) is 42.0 Å². The predicted octanol–water partition coefficient (Wildman–Crippen LogP) is 5.58. The largest absolute Gasteiger partial charge is 0.490 e. The third-order valence-corrected chi connectivity index (χ3v) is 18.6. The lowest BCUT2D eigenvalue weighted by Gasteiger charge is -2.53. The number of carbonyl (C=O) groups excluding carboxylic acids is 2. The van der Waals surface area contributed by atoms with E-state index in [0.29, 0.717) is 55.7 Å². The van der Waals surface area contributed by atoms with Crippen LogP contribution >= 0.6 is 11.6 Å². The van der Waals surface area contributed by atoms with E-state index in [2.05, 4.69) is 22.6 Å². The van der Waals surface area contributed by atoms with Gasteiger partial charge in [-0.1, -0.05) is 42.8 Å². The van der Waals surface area contributed by atoms with E-state index in [4.69, 9.17) is 25.3 Å².